The van der Waals surface area contributed by atoms with Gasteiger partial charge in [0.25, 0.3) is 5.91 Å². The molecular weight excluding hydrogens is 296 g/mol. The topological polar surface area (TPSA) is 71.8 Å². The highest BCUT2D eigenvalue weighted by Crippen LogP contribution is 2.30. The van der Waals surface area contributed by atoms with E-state index >= 15 is 0 Å². The Morgan fingerprint density at radius 2 is 2.22 bits per heavy atom. The Morgan fingerprint density at radius 1 is 1.35 bits per heavy atom. The fraction of sp³-hybridized carbons (Fsp3) is 0.294. The van der Waals surface area contributed by atoms with Gasteiger partial charge >= 0.3 is 0 Å². The van der Waals surface area contributed by atoms with Crippen molar-refractivity contribution in [1.29, 1.82) is 0 Å². The van der Waals surface area contributed by atoms with E-state index in [1.165, 1.54) is 13.4 Å². The minimum Gasteiger partial charge on any atom is -0.459 e. The minimum absolute atomic E-state index is 0.0141. The van der Waals surface area contributed by atoms with Crippen LogP contribution in [0, 0.1) is 0 Å². The summed E-state index contributed by atoms with van der Waals surface area (Å²) in [5.41, 5.74) is 2.60. The molecule has 2 heterocycles. The monoisotopic (exact) mass is 314 g/mol. The number of fused-ring (bicyclic) bond motifs is 1. The molecule has 0 bridgehead atoms. The van der Waals surface area contributed by atoms with Crippen LogP contribution in [-0.2, 0) is 16.0 Å². The number of amides is 2. The van der Waals surface area contributed by atoms with Gasteiger partial charge in [0.1, 0.15) is 6.61 Å². The van der Waals surface area contributed by atoms with Crippen molar-refractivity contribution >= 4 is 23.2 Å². The molecule has 0 aliphatic carbocycles. The Labute approximate surface area is 134 Å². The third-order valence-corrected chi connectivity index (χ3v) is 3.73. The Kier molecular flexibility index (Phi) is 4.43. The molecule has 120 valence electrons. The number of nitrogens with one attached hydrogen (secondary N) is 1. The van der Waals surface area contributed by atoms with E-state index in [1.807, 2.05) is 12.1 Å². The van der Waals surface area contributed by atoms with E-state index in [9.17, 15) is 9.59 Å². The summed E-state index contributed by atoms with van der Waals surface area (Å²) in [7, 11) is 1.48. The molecule has 0 atom stereocenters. The molecule has 1 aliphatic rings. The van der Waals surface area contributed by atoms with Crippen LogP contribution < -0.4 is 10.2 Å². The number of carbonyl (C=O) groups excluding carboxylic acids is 2. The average molecular weight is 314 g/mol. The lowest BCUT2D eigenvalue weighted by Gasteiger charge is -2.29. The standard InChI is InChI=1S/C17H18N2O4/c1-22-11-16(20)18-13-6-7-14-12(10-13)4-2-8-19(14)17(21)15-5-3-9-23-15/h3,5-7,9-10H,2,4,8,11H2,1H3,(H,18,20). The zero-order valence-corrected chi connectivity index (χ0v) is 12.9. The fourth-order valence-corrected chi connectivity index (χ4v) is 2.75. The molecule has 0 saturated heterocycles. The van der Waals surface area contributed by atoms with Crippen LogP contribution in [-0.4, -0.2) is 32.1 Å². The highest BCUT2D eigenvalue weighted by molar-refractivity contribution is 6.05. The molecule has 3 rings (SSSR count). The number of hydrogen-bond donors (Lipinski definition) is 1. The molecule has 1 N–H and O–H groups in total. The first-order valence-corrected chi connectivity index (χ1v) is 7.46. The first-order chi connectivity index (χ1) is 11.2. The predicted octanol–water partition coefficient (Wildman–Crippen LogP) is 2.46. The second-order valence-corrected chi connectivity index (χ2v) is 5.36. The molecule has 1 aromatic carbocycles. The van der Waals surface area contributed by atoms with Crippen LogP contribution in [0.1, 0.15) is 22.5 Å². The lowest BCUT2D eigenvalue weighted by Crippen LogP contribution is -2.35. The first-order valence-electron chi connectivity index (χ1n) is 7.46. The summed E-state index contributed by atoms with van der Waals surface area (Å²) >= 11 is 0. The van der Waals surface area contributed by atoms with Crippen molar-refractivity contribution in [3.8, 4) is 0 Å². The minimum atomic E-state index is -0.202. The highest BCUT2D eigenvalue weighted by atomic mass is 16.5. The summed E-state index contributed by atoms with van der Waals surface area (Å²) in [5, 5.41) is 2.78. The number of benzene rings is 1. The summed E-state index contributed by atoms with van der Waals surface area (Å²) in [6.45, 7) is 0.669. The quantitative estimate of drug-likeness (QED) is 0.941. The molecule has 0 saturated carbocycles. The van der Waals surface area contributed by atoms with Crippen molar-refractivity contribution < 1.29 is 18.7 Å². The Balaban J connectivity index is 1.82. The summed E-state index contributed by atoms with van der Waals surface area (Å²) < 4.78 is 10.0. The second-order valence-electron chi connectivity index (χ2n) is 5.36. The normalized spacial score (nSPS) is 13.5. The lowest BCUT2D eigenvalue weighted by molar-refractivity contribution is -0.119. The van der Waals surface area contributed by atoms with Gasteiger partial charge in [0, 0.05) is 25.0 Å². The number of aryl methyl sites for hydroxylation is 1. The van der Waals surface area contributed by atoms with Crippen LogP contribution in [0.2, 0.25) is 0 Å². The molecule has 6 nitrogen and oxygen atoms in total. The predicted molar refractivity (Wildman–Crippen MR) is 85.7 cm³/mol. The summed E-state index contributed by atoms with van der Waals surface area (Å²) in [5.74, 6) is -0.0192. The van der Waals surface area contributed by atoms with Crippen LogP contribution >= 0.6 is 0 Å². The van der Waals surface area contributed by atoms with Crippen molar-refractivity contribution in [2.75, 3.05) is 30.5 Å². The number of hydrogen-bond acceptors (Lipinski definition) is 4. The molecular formula is C17H18N2O4. The van der Waals surface area contributed by atoms with Gasteiger partial charge in [-0.3, -0.25) is 9.59 Å². The molecule has 0 fully saturated rings. The van der Waals surface area contributed by atoms with Crippen LogP contribution in [0.5, 0.6) is 0 Å². The third kappa shape index (κ3) is 3.27. The van der Waals surface area contributed by atoms with E-state index in [1.54, 1.807) is 23.1 Å². The van der Waals surface area contributed by atoms with E-state index < -0.39 is 0 Å². The van der Waals surface area contributed by atoms with Crippen LogP contribution in [0.3, 0.4) is 0 Å². The molecule has 0 radical (unpaired) electrons. The Bertz CT molecular complexity index is 709. The lowest BCUT2D eigenvalue weighted by atomic mass is 10.0. The molecule has 1 aliphatic heterocycles. The van der Waals surface area contributed by atoms with Gasteiger partial charge in [-0.2, -0.15) is 0 Å². The number of methoxy groups -OCH3 is 1. The van der Waals surface area contributed by atoms with Gasteiger partial charge in [0.15, 0.2) is 5.76 Å². The maximum atomic E-state index is 12.5. The molecule has 23 heavy (non-hydrogen) atoms. The number of furan rings is 1. The van der Waals surface area contributed by atoms with Gasteiger partial charge in [-0.25, -0.2) is 0 Å². The van der Waals surface area contributed by atoms with Crippen LogP contribution in [0.4, 0.5) is 11.4 Å². The molecule has 2 aromatic rings. The second kappa shape index (κ2) is 6.66. The van der Waals surface area contributed by atoms with Crippen LogP contribution in [0.15, 0.2) is 41.0 Å². The van der Waals surface area contributed by atoms with Gasteiger partial charge in [0.2, 0.25) is 5.91 Å². The van der Waals surface area contributed by atoms with Gasteiger partial charge in [0.05, 0.1) is 6.26 Å². The number of carbonyl (C=O) groups is 2. The van der Waals surface area contributed by atoms with Crippen molar-refractivity contribution in [3.63, 3.8) is 0 Å². The van der Waals surface area contributed by atoms with E-state index in [2.05, 4.69) is 5.32 Å². The van der Waals surface area contributed by atoms with E-state index in [4.69, 9.17) is 9.15 Å². The molecule has 0 unspecified atom stereocenters. The zero-order chi connectivity index (χ0) is 16.2. The van der Waals surface area contributed by atoms with Gasteiger partial charge in [-0.1, -0.05) is 0 Å². The van der Waals surface area contributed by atoms with Gasteiger partial charge in [-0.05, 0) is 48.7 Å². The first kappa shape index (κ1) is 15.3. The molecule has 6 heteroatoms. The largest absolute Gasteiger partial charge is 0.459 e. The van der Waals surface area contributed by atoms with E-state index in [0.717, 1.165) is 24.1 Å². The van der Waals surface area contributed by atoms with Crippen molar-refractivity contribution in [1.82, 2.24) is 0 Å². The third-order valence-electron chi connectivity index (χ3n) is 3.73. The summed E-state index contributed by atoms with van der Waals surface area (Å²) in [4.78, 5) is 25.8. The molecule has 2 amide bonds. The van der Waals surface area contributed by atoms with E-state index in [0.29, 0.717) is 18.0 Å². The van der Waals surface area contributed by atoms with Crippen molar-refractivity contribution in [2.45, 2.75) is 12.8 Å². The maximum absolute atomic E-state index is 12.5. The maximum Gasteiger partial charge on any atom is 0.293 e. The number of nitrogens with zero attached hydrogens (tertiary/aromatic N) is 1. The fourth-order valence-electron chi connectivity index (χ4n) is 2.75. The number of ether oxygens (including phenoxy) is 1. The van der Waals surface area contributed by atoms with Gasteiger partial charge in [-0.15, -0.1) is 0 Å². The number of rotatable bonds is 4. The van der Waals surface area contributed by atoms with Crippen molar-refractivity contribution in [2.24, 2.45) is 0 Å². The smallest absolute Gasteiger partial charge is 0.293 e. The SMILES string of the molecule is COCC(=O)Nc1ccc2c(c1)CCCN2C(=O)c1ccco1. The Morgan fingerprint density at radius 3 is 2.96 bits per heavy atom. The Hall–Kier alpha value is -2.60. The van der Waals surface area contributed by atoms with E-state index in [-0.39, 0.29) is 18.4 Å². The van der Waals surface area contributed by atoms with Crippen LogP contribution in [0.25, 0.3) is 0 Å². The van der Waals surface area contributed by atoms with Gasteiger partial charge < -0.3 is 19.4 Å². The highest BCUT2D eigenvalue weighted by Gasteiger charge is 2.25. The summed E-state index contributed by atoms with van der Waals surface area (Å²) in [6, 6.07) is 8.92. The summed E-state index contributed by atoms with van der Waals surface area (Å²) in [6.07, 6.45) is 3.23. The molecule has 0 spiro atoms. The number of anilines is 2. The van der Waals surface area contributed by atoms with Crippen molar-refractivity contribution in [3.05, 3.63) is 47.9 Å². The average Bonchev–Trinajstić information content (AvgIpc) is 3.08. The zero-order valence-electron chi connectivity index (χ0n) is 12.9. The molecule has 1 aromatic heterocycles.